The van der Waals surface area contributed by atoms with E-state index in [1.807, 2.05) is 19.1 Å². The third-order valence-electron chi connectivity index (χ3n) is 4.48. The van der Waals surface area contributed by atoms with Gasteiger partial charge in [-0.15, -0.1) is 0 Å². The molecule has 3 nitrogen and oxygen atoms in total. The Morgan fingerprint density at radius 3 is 2.38 bits per heavy atom. The number of halogens is 1. The van der Waals surface area contributed by atoms with Crippen molar-refractivity contribution in [2.24, 2.45) is 11.8 Å². The molecule has 0 bridgehead atoms. The van der Waals surface area contributed by atoms with Crippen LogP contribution in [0.5, 0.6) is 0 Å². The van der Waals surface area contributed by atoms with Crippen molar-refractivity contribution in [2.75, 3.05) is 6.54 Å². The Kier molecular flexibility index (Phi) is 5.86. The molecule has 0 radical (unpaired) electrons. The molecule has 0 spiro atoms. The summed E-state index contributed by atoms with van der Waals surface area (Å²) in [6, 6.07) is 5.32. The van der Waals surface area contributed by atoms with Gasteiger partial charge in [0.15, 0.2) is 0 Å². The van der Waals surface area contributed by atoms with Gasteiger partial charge in [0.25, 0.3) is 0 Å². The molecule has 118 valence electrons. The maximum atomic E-state index is 12.4. The van der Waals surface area contributed by atoms with E-state index in [0.29, 0.717) is 21.8 Å². The van der Waals surface area contributed by atoms with Crippen molar-refractivity contribution in [3.63, 3.8) is 0 Å². The predicted molar refractivity (Wildman–Crippen MR) is 89.8 cm³/mol. The van der Waals surface area contributed by atoms with E-state index in [1.165, 1.54) is 19.3 Å². The van der Waals surface area contributed by atoms with Crippen molar-refractivity contribution in [1.82, 2.24) is 4.72 Å². The molecule has 0 atom stereocenters. The number of rotatable bonds is 5. The average Bonchev–Trinajstić information content (AvgIpc) is 2.45. The first-order chi connectivity index (χ1) is 9.92. The highest BCUT2D eigenvalue weighted by molar-refractivity contribution is 9.10. The second-order valence-electron chi connectivity index (χ2n) is 6.08. The number of sulfonamides is 1. The van der Waals surface area contributed by atoms with Crippen LogP contribution >= 0.6 is 15.9 Å². The molecule has 0 saturated heterocycles. The van der Waals surface area contributed by atoms with Gasteiger partial charge in [-0.2, -0.15) is 0 Å². The number of aryl methyl sites for hydroxylation is 1. The lowest BCUT2D eigenvalue weighted by molar-refractivity contribution is 0.270. The van der Waals surface area contributed by atoms with Crippen molar-refractivity contribution in [1.29, 1.82) is 0 Å². The largest absolute Gasteiger partial charge is 0.241 e. The number of benzene rings is 1. The lowest BCUT2D eigenvalue weighted by atomic mass is 9.81. The minimum Gasteiger partial charge on any atom is -0.211 e. The van der Waals surface area contributed by atoms with Crippen LogP contribution < -0.4 is 4.72 Å². The summed E-state index contributed by atoms with van der Waals surface area (Å²) in [4.78, 5) is 0.329. The van der Waals surface area contributed by atoms with Crippen molar-refractivity contribution in [3.05, 3.63) is 28.2 Å². The van der Waals surface area contributed by atoms with Gasteiger partial charge >= 0.3 is 0 Å². The summed E-state index contributed by atoms with van der Waals surface area (Å²) in [6.07, 6.45) is 5.98. The number of hydrogen-bond acceptors (Lipinski definition) is 2. The van der Waals surface area contributed by atoms with E-state index in [4.69, 9.17) is 0 Å². The third kappa shape index (κ3) is 4.54. The first-order valence-electron chi connectivity index (χ1n) is 7.68. The molecule has 0 aromatic heterocycles. The zero-order valence-electron chi connectivity index (χ0n) is 12.7. The summed E-state index contributed by atoms with van der Waals surface area (Å²) in [5.41, 5.74) is 1.04. The summed E-state index contributed by atoms with van der Waals surface area (Å²) in [6.45, 7) is 4.74. The first kappa shape index (κ1) is 17.0. The highest BCUT2D eigenvalue weighted by Crippen LogP contribution is 2.30. The van der Waals surface area contributed by atoms with Gasteiger partial charge in [-0.05, 0) is 65.2 Å². The minimum absolute atomic E-state index is 0.329. The van der Waals surface area contributed by atoms with Crippen LogP contribution in [0.3, 0.4) is 0 Å². The molecule has 1 aromatic carbocycles. The van der Waals surface area contributed by atoms with Crippen LogP contribution in [0.25, 0.3) is 0 Å². The SMILES string of the molecule is CCC1CCC(CNS(=O)(=O)c2ccc(C)cc2Br)CC1. The van der Waals surface area contributed by atoms with Crippen LogP contribution in [0, 0.1) is 18.8 Å². The molecule has 1 aliphatic rings. The van der Waals surface area contributed by atoms with Gasteiger partial charge in [-0.3, -0.25) is 0 Å². The Labute approximate surface area is 136 Å². The van der Waals surface area contributed by atoms with Gasteiger partial charge in [0.2, 0.25) is 10.0 Å². The van der Waals surface area contributed by atoms with Crippen molar-refractivity contribution < 1.29 is 8.42 Å². The van der Waals surface area contributed by atoms with Crippen LogP contribution in [-0.4, -0.2) is 15.0 Å². The van der Waals surface area contributed by atoms with E-state index in [9.17, 15) is 8.42 Å². The fraction of sp³-hybridized carbons (Fsp3) is 0.625. The normalized spacial score (nSPS) is 23.2. The molecular formula is C16H24BrNO2S. The van der Waals surface area contributed by atoms with E-state index in [0.717, 1.165) is 24.3 Å². The fourth-order valence-electron chi connectivity index (χ4n) is 2.97. The average molecular weight is 374 g/mol. The molecule has 1 fully saturated rings. The number of nitrogens with one attached hydrogen (secondary N) is 1. The topological polar surface area (TPSA) is 46.2 Å². The molecule has 0 amide bonds. The van der Waals surface area contributed by atoms with E-state index in [1.54, 1.807) is 6.07 Å². The monoisotopic (exact) mass is 373 g/mol. The highest BCUT2D eigenvalue weighted by Gasteiger charge is 2.23. The maximum Gasteiger partial charge on any atom is 0.241 e. The molecule has 2 rings (SSSR count). The summed E-state index contributed by atoms with van der Waals surface area (Å²) >= 11 is 3.35. The Balaban J connectivity index is 1.96. The summed E-state index contributed by atoms with van der Waals surface area (Å²) < 4.78 is 28.2. The standard InChI is InChI=1S/C16H24BrNO2S/c1-3-13-5-7-14(8-6-13)11-18-21(19,20)16-9-4-12(2)10-15(16)17/h4,9-10,13-14,18H,3,5-8,11H2,1-2H3. The molecule has 1 aromatic rings. The van der Waals surface area contributed by atoms with Crippen molar-refractivity contribution in [2.45, 2.75) is 50.8 Å². The third-order valence-corrected chi connectivity index (χ3v) is 6.88. The van der Waals surface area contributed by atoms with E-state index < -0.39 is 10.0 Å². The Bertz CT molecular complexity index is 578. The van der Waals surface area contributed by atoms with Gasteiger partial charge in [-0.25, -0.2) is 13.1 Å². The zero-order chi connectivity index (χ0) is 15.5. The van der Waals surface area contributed by atoms with Crippen LogP contribution in [-0.2, 0) is 10.0 Å². The minimum atomic E-state index is -3.42. The Morgan fingerprint density at radius 2 is 1.81 bits per heavy atom. The lowest BCUT2D eigenvalue weighted by Gasteiger charge is -2.27. The van der Waals surface area contributed by atoms with Gasteiger partial charge < -0.3 is 0 Å². The first-order valence-corrected chi connectivity index (χ1v) is 9.95. The molecule has 0 heterocycles. The molecule has 5 heteroatoms. The summed E-state index contributed by atoms with van der Waals surface area (Å²) in [5.74, 6) is 1.32. The van der Waals surface area contributed by atoms with Crippen LogP contribution in [0.1, 0.15) is 44.6 Å². The van der Waals surface area contributed by atoms with Crippen LogP contribution in [0.2, 0.25) is 0 Å². The summed E-state index contributed by atoms with van der Waals surface area (Å²) in [5, 5.41) is 0. The second kappa shape index (κ2) is 7.25. The zero-order valence-corrected chi connectivity index (χ0v) is 15.1. The highest BCUT2D eigenvalue weighted by atomic mass is 79.9. The summed E-state index contributed by atoms with van der Waals surface area (Å²) in [7, 11) is -3.42. The van der Waals surface area contributed by atoms with E-state index in [-0.39, 0.29) is 0 Å². The van der Waals surface area contributed by atoms with Crippen LogP contribution in [0.4, 0.5) is 0 Å². The molecule has 1 aliphatic carbocycles. The van der Waals surface area contributed by atoms with Crippen LogP contribution in [0.15, 0.2) is 27.6 Å². The molecular weight excluding hydrogens is 350 g/mol. The maximum absolute atomic E-state index is 12.4. The molecule has 1 saturated carbocycles. The van der Waals surface area contributed by atoms with Gasteiger partial charge in [-0.1, -0.05) is 32.3 Å². The predicted octanol–water partition coefficient (Wildman–Crippen LogP) is 4.25. The van der Waals surface area contributed by atoms with E-state index in [2.05, 4.69) is 27.6 Å². The van der Waals surface area contributed by atoms with E-state index >= 15 is 0 Å². The van der Waals surface area contributed by atoms with Gasteiger partial charge in [0.1, 0.15) is 0 Å². The smallest absolute Gasteiger partial charge is 0.211 e. The Hall–Kier alpha value is -0.390. The van der Waals surface area contributed by atoms with Gasteiger partial charge in [0, 0.05) is 11.0 Å². The number of hydrogen-bond donors (Lipinski definition) is 1. The quantitative estimate of drug-likeness (QED) is 0.838. The molecule has 1 N–H and O–H groups in total. The Morgan fingerprint density at radius 1 is 1.19 bits per heavy atom. The van der Waals surface area contributed by atoms with Gasteiger partial charge in [0.05, 0.1) is 4.90 Å². The van der Waals surface area contributed by atoms with Crippen molar-refractivity contribution in [3.8, 4) is 0 Å². The fourth-order valence-corrected chi connectivity index (χ4v) is 5.28. The molecule has 21 heavy (non-hydrogen) atoms. The molecule has 0 unspecified atom stereocenters. The molecule has 0 aliphatic heterocycles. The second-order valence-corrected chi connectivity index (χ2v) is 8.67. The van der Waals surface area contributed by atoms with Crippen molar-refractivity contribution >= 4 is 26.0 Å². The lowest BCUT2D eigenvalue weighted by Crippen LogP contribution is -2.31.